The van der Waals surface area contributed by atoms with Crippen molar-refractivity contribution in [1.82, 2.24) is 15.1 Å². The predicted molar refractivity (Wildman–Crippen MR) is 139 cm³/mol. The maximum Gasteiger partial charge on any atom is 0.229 e. The zero-order valence-electron chi connectivity index (χ0n) is 19.7. The van der Waals surface area contributed by atoms with E-state index in [1.54, 1.807) is 11.3 Å². The fraction of sp³-hybridized carbons (Fsp3) is 0.556. The number of benzene rings is 1. The Balaban J connectivity index is 1.13. The van der Waals surface area contributed by atoms with Gasteiger partial charge in [0, 0.05) is 35.3 Å². The number of thiophene rings is 1. The van der Waals surface area contributed by atoms with Crippen molar-refractivity contribution < 1.29 is 9.59 Å². The van der Waals surface area contributed by atoms with Gasteiger partial charge < -0.3 is 15.1 Å². The molecule has 2 aromatic rings. The van der Waals surface area contributed by atoms with Gasteiger partial charge in [0.15, 0.2) is 0 Å². The molecule has 1 aromatic carbocycles. The summed E-state index contributed by atoms with van der Waals surface area (Å²) in [4.78, 5) is 32.7. The lowest BCUT2D eigenvalue weighted by Gasteiger charge is -2.38. The fourth-order valence-electron chi connectivity index (χ4n) is 5.58. The lowest BCUT2D eigenvalue weighted by Crippen LogP contribution is -2.45. The second kappa shape index (κ2) is 10.4. The zero-order valence-corrected chi connectivity index (χ0v) is 21.5. The molecule has 1 aromatic heterocycles. The van der Waals surface area contributed by atoms with Crippen LogP contribution in [0.1, 0.15) is 61.4 Å². The summed E-state index contributed by atoms with van der Waals surface area (Å²) >= 11 is 6.08. The smallest absolute Gasteiger partial charge is 0.229 e. The summed E-state index contributed by atoms with van der Waals surface area (Å²) < 4.78 is 0. The normalized spacial score (nSPS) is 21.6. The monoisotopic (exact) mass is 497 g/mol. The van der Waals surface area contributed by atoms with Gasteiger partial charge in [-0.2, -0.15) is 0 Å². The second-order valence-corrected chi connectivity index (χ2v) is 11.8. The molecule has 1 N–H and O–H groups in total. The fourth-order valence-corrected chi connectivity index (χ4v) is 6.54. The molecule has 1 aliphatic carbocycles. The highest BCUT2D eigenvalue weighted by Crippen LogP contribution is 2.42. The molecule has 5 nitrogen and oxygen atoms in total. The summed E-state index contributed by atoms with van der Waals surface area (Å²) in [6, 6.07) is 12.4. The molecule has 1 spiro atoms. The highest BCUT2D eigenvalue weighted by atomic mass is 32.1. The average Bonchev–Trinajstić information content (AvgIpc) is 3.43. The van der Waals surface area contributed by atoms with Gasteiger partial charge in [0.25, 0.3) is 0 Å². The van der Waals surface area contributed by atoms with Gasteiger partial charge in [0.2, 0.25) is 11.8 Å². The summed E-state index contributed by atoms with van der Waals surface area (Å²) in [5, 5.41) is 5.42. The molecular formula is C27H35N3O2S2. The van der Waals surface area contributed by atoms with Crippen molar-refractivity contribution in [1.29, 1.82) is 0 Å². The van der Waals surface area contributed by atoms with E-state index >= 15 is 0 Å². The molecule has 2 saturated heterocycles. The first-order valence-electron chi connectivity index (χ1n) is 12.7. The zero-order chi connectivity index (χ0) is 23.5. The molecule has 1 atom stereocenters. The first-order chi connectivity index (χ1) is 16.5. The molecule has 1 saturated carbocycles. The Morgan fingerprint density at radius 3 is 2.50 bits per heavy atom. The number of piperidine rings is 1. The number of hydrogen-bond donors (Lipinski definition) is 2. The molecule has 3 fully saturated rings. The molecule has 7 heteroatoms. The van der Waals surface area contributed by atoms with Crippen LogP contribution in [0.4, 0.5) is 0 Å². The van der Waals surface area contributed by atoms with E-state index in [1.807, 2.05) is 17.0 Å². The van der Waals surface area contributed by atoms with E-state index in [0.717, 1.165) is 69.6 Å². The Kier molecular flexibility index (Phi) is 7.32. The number of rotatable bonds is 8. The highest BCUT2D eigenvalue weighted by Gasteiger charge is 2.47. The van der Waals surface area contributed by atoms with Crippen molar-refractivity contribution in [3.63, 3.8) is 0 Å². The summed E-state index contributed by atoms with van der Waals surface area (Å²) in [5.74, 6) is 0.777. The standard InChI is InChI=1S/C27H35N3O2S2/c31-25(21-3-1-4-21)28-23(24-5-2-18-34-24)10-14-29-15-11-27(12-16-29)13-17-30(26(27)32)19-20-6-8-22(33)9-7-20/h2,5-9,18,21,23,33H,1,3-4,10-17,19H2,(H,28,31). The average molecular weight is 498 g/mol. The second-order valence-electron chi connectivity index (χ2n) is 10.3. The van der Waals surface area contributed by atoms with Crippen LogP contribution in [0.5, 0.6) is 0 Å². The van der Waals surface area contributed by atoms with Crippen molar-refractivity contribution in [2.75, 3.05) is 26.2 Å². The minimum atomic E-state index is -0.175. The summed E-state index contributed by atoms with van der Waals surface area (Å²) in [6.07, 6.45) is 7.01. The topological polar surface area (TPSA) is 52.7 Å². The molecule has 34 heavy (non-hydrogen) atoms. The van der Waals surface area contributed by atoms with Crippen LogP contribution in [0.2, 0.25) is 0 Å². The van der Waals surface area contributed by atoms with Gasteiger partial charge in [-0.3, -0.25) is 9.59 Å². The van der Waals surface area contributed by atoms with Gasteiger partial charge in [-0.25, -0.2) is 0 Å². The Bertz CT molecular complexity index is 980. The van der Waals surface area contributed by atoms with E-state index in [0.29, 0.717) is 12.5 Å². The van der Waals surface area contributed by atoms with E-state index < -0.39 is 0 Å². The van der Waals surface area contributed by atoms with Crippen LogP contribution in [0, 0.1) is 11.3 Å². The summed E-state index contributed by atoms with van der Waals surface area (Å²) in [5.41, 5.74) is 0.996. The van der Waals surface area contributed by atoms with Crippen LogP contribution in [-0.2, 0) is 16.1 Å². The summed E-state index contributed by atoms with van der Waals surface area (Å²) in [6.45, 7) is 4.43. The molecule has 2 amide bonds. The van der Waals surface area contributed by atoms with Gasteiger partial charge in [-0.1, -0.05) is 24.6 Å². The SMILES string of the molecule is O=C(NC(CCN1CCC2(CC1)CCN(Cc1ccc(S)cc1)C2=O)c1cccs1)C1CCC1. The van der Waals surface area contributed by atoms with Gasteiger partial charge in [-0.15, -0.1) is 24.0 Å². The quantitative estimate of drug-likeness (QED) is 0.510. The number of nitrogens with zero attached hydrogens (tertiary/aromatic N) is 2. The predicted octanol–water partition coefficient (Wildman–Crippen LogP) is 4.90. The lowest BCUT2D eigenvalue weighted by atomic mass is 9.77. The van der Waals surface area contributed by atoms with Gasteiger partial charge in [0.1, 0.15) is 0 Å². The Hall–Kier alpha value is -1.83. The van der Waals surface area contributed by atoms with Crippen LogP contribution in [0.15, 0.2) is 46.7 Å². The minimum absolute atomic E-state index is 0.0937. The number of thiol groups is 1. The highest BCUT2D eigenvalue weighted by molar-refractivity contribution is 7.80. The van der Waals surface area contributed by atoms with E-state index in [9.17, 15) is 9.59 Å². The third-order valence-corrected chi connectivity index (χ3v) is 9.42. The van der Waals surface area contributed by atoms with E-state index in [1.165, 1.54) is 16.9 Å². The van der Waals surface area contributed by atoms with Gasteiger partial charge in [-0.05, 0) is 80.8 Å². The van der Waals surface area contributed by atoms with Crippen LogP contribution >= 0.6 is 24.0 Å². The van der Waals surface area contributed by atoms with Crippen molar-refractivity contribution in [2.24, 2.45) is 11.3 Å². The first kappa shape index (κ1) is 23.9. The number of carbonyl (C=O) groups excluding carboxylic acids is 2. The van der Waals surface area contributed by atoms with Crippen LogP contribution in [0.25, 0.3) is 0 Å². The Morgan fingerprint density at radius 2 is 1.85 bits per heavy atom. The molecule has 182 valence electrons. The Morgan fingerprint density at radius 1 is 1.12 bits per heavy atom. The largest absolute Gasteiger partial charge is 0.348 e. The van der Waals surface area contributed by atoms with Crippen LogP contribution in [-0.4, -0.2) is 47.8 Å². The molecule has 3 aliphatic rings. The molecule has 2 aliphatic heterocycles. The number of hydrogen-bond acceptors (Lipinski definition) is 5. The van der Waals surface area contributed by atoms with Gasteiger partial charge >= 0.3 is 0 Å². The lowest BCUT2D eigenvalue weighted by molar-refractivity contribution is -0.139. The molecule has 0 radical (unpaired) electrons. The maximum atomic E-state index is 13.3. The summed E-state index contributed by atoms with van der Waals surface area (Å²) in [7, 11) is 0. The Labute approximate surface area is 212 Å². The van der Waals surface area contributed by atoms with Crippen molar-refractivity contribution >= 4 is 35.8 Å². The van der Waals surface area contributed by atoms with Gasteiger partial charge in [0.05, 0.1) is 11.5 Å². The van der Waals surface area contributed by atoms with E-state index in [2.05, 4.69) is 52.5 Å². The first-order valence-corrected chi connectivity index (χ1v) is 14.0. The molecule has 0 bridgehead atoms. The van der Waals surface area contributed by atoms with Crippen LogP contribution in [0.3, 0.4) is 0 Å². The number of nitrogens with one attached hydrogen (secondary N) is 1. The van der Waals surface area contributed by atoms with E-state index in [-0.39, 0.29) is 23.3 Å². The van der Waals surface area contributed by atoms with Crippen molar-refractivity contribution in [2.45, 2.75) is 62.4 Å². The minimum Gasteiger partial charge on any atom is -0.348 e. The number of amides is 2. The van der Waals surface area contributed by atoms with Crippen LogP contribution < -0.4 is 5.32 Å². The third-order valence-electron chi connectivity index (χ3n) is 8.14. The van der Waals surface area contributed by atoms with Crippen molar-refractivity contribution in [3.05, 3.63) is 52.2 Å². The molecule has 5 rings (SSSR count). The number of carbonyl (C=O) groups is 2. The molecule has 3 heterocycles. The number of likely N-dealkylation sites (tertiary alicyclic amines) is 2. The molecule has 1 unspecified atom stereocenters. The third kappa shape index (κ3) is 5.21. The van der Waals surface area contributed by atoms with Crippen molar-refractivity contribution in [3.8, 4) is 0 Å². The molecular weight excluding hydrogens is 462 g/mol. The maximum absolute atomic E-state index is 13.3. The van der Waals surface area contributed by atoms with E-state index in [4.69, 9.17) is 0 Å².